The van der Waals surface area contributed by atoms with Crippen LogP contribution in [0.25, 0.3) is 0 Å². The van der Waals surface area contributed by atoms with E-state index in [2.05, 4.69) is 10.3 Å². The fraction of sp³-hybridized carbons (Fsp3) is 0.304. The molecule has 1 aromatic heterocycles. The first-order valence-electron chi connectivity index (χ1n) is 9.88. The summed E-state index contributed by atoms with van der Waals surface area (Å²) in [6.07, 6.45) is 4.75. The maximum atomic E-state index is 12.8. The zero-order valence-corrected chi connectivity index (χ0v) is 19.4. The summed E-state index contributed by atoms with van der Waals surface area (Å²) in [5, 5.41) is 3.85. The van der Waals surface area contributed by atoms with Crippen LogP contribution in [0.15, 0.2) is 59.8 Å². The third kappa shape index (κ3) is 6.42. The lowest BCUT2D eigenvalue weighted by molar-refractivity contribution is -0.121. The third-order valence-corrected chi connectivity index (χ3v) is 6.11. The van der Waals surface area contributed by atoms with Crippen LogP contribution in [-0.4, -0.2) is 35.4 Å². The fourth-order valence-electron chi connectivity index (χ4n) is 3.14. The number of halogens is 1. The first-order valence-corrected chi connectivity index (χ1v) is 11.2. The van der Waals surface area contributed by atoms with E-state index in [4.69, 9.17) is 21.1 Å². The van der Waals surface area contributed by atoms with Crippen molar-refractivity contribution < 1.29 is 14.3 Å². The van der Waals surface area contributed by atoms with Crippen LogP contribution in [0.1, 0.15) is 30.3 Å². The Morgan fingerprint density at radius 2 is 1.84 bits per heavy atom. The molecular formula is C23H26ClN3O3S. The molecular weight excluding hydrogens is 434 g/mol. The molecule has 0 aliphatic heterocycles. The number of aromatic nitrogens is 2. The number of thioether (sulfide) groups is 1. The van der Waals surface area contributed by atoms with Crippen molar-refractivity contribution in [3.8, 4) is 11.5 Å². The van der Waals surface area contributed by atoms with Crippen LogP contribution < -0.4 is 14.8 Å². The topological polar surface area (TPSA) is 65.4 Å². The number of carbonyl (C=O) groups excluding carboxylic acids is 1. The number of imidazole rings is 1. The van der Waals surface area contributed by atoms with Gasteiger partial charge in [0, 0.05) is 41.8 Å². The highest BCUT2D eigenvalue weighted by molar-refractivity contribution is 7.99. The second-order valence-electron chi connectivity index (χ2n) is 6.95. The van der Waals surface area contributed by atoms with Crippen molar-refractivity contribution >= 4 is 29.3 Å². The second kappa shape index (κ2) is 11.1. The number of benzene rings is 2. The highest BCUT2D eigenvalue weighted by atomic mass is 35.5. The Bertz CT molecular complexity index is 985. The number of carbonyl (C=O) groups is 1. The van der Waals surface area contributed by atoms with Crippen LogP contribution in [0, 0.1) is 0 Å². The zero-order valence-electron chi connectivity index (χ0n) is 17.8. The quantitative estimate of drug-likeness (QED) is 0.346. The number of hydrogen-bond donors (Lipinski definition) is 1. The van der Waals surface area contributed by atoms with E-state index in [1.54, 1.807) is 38.2 Å². The number of methoxy groups -OCH3 is 2. The van der Waals surface area contributed by atoms with E-state index in [0.717, 1.165) is 33.5 Å². The number of amides is 1. The number of nitrogens with one attached hydrogen (secondary N) is 1. The molecule has 1 heterocycles. The highest BCUT2D eigenvalue weighted by Gasteiger charge is 2.22. The summed E-state index contributed by atoms with van der Waals surface area (Å²) < 4.78 is 12.7. The van der Waals surface area contributed by atoms with E-state index in [0.29, 0.717) is 17.9 Å². The minimum absolute atomic E-state index is 0.0357. The van der Waals surface area contributed by atoms with Crippen molar-refractivity contribution in [3.05, 3.63) is 71.3 Å². The summed E-state index contributed by atoms with van der Waals surface area (Å²) in [4.78, 5) is 18.4. The van der Waals surface area contributed by atoms with Crippen LogP contribution in [-0.2, 0) is 11.8 Å². The summed E-state index contributed by atoms with van der Waals surface area (Å²) in [7, 11) is 5.11. The SMILES string of the molecule is COc1cc(OC)cc(C(NC(=O)CCCSc2ccc(Cl)cc2)c2nccn2C)c1. The van der Waals surface area contributed by atoms with Crippen LogP contribution in [0.2, 0.25) is 5.02 Å². The van der Waals surface area contributed by atoms with Gasteiger partial charge in [0.05, 0.1) is 14.2 Å². The average molecular weight is 460 g/mol. The van der Waals surface area contributed by atoms with Gasteiger partial charge in [0.25, 0.3) is 0 Å². The molecule has 0 aliphatic carbocycles. The van der Waals surface area contributed by atoms with E-state index < -0.39 is 6.04 Å². The normalized spacial score (nSPS) is 11.7. The van der Waals surface area contributed by atoms with Crippen molar-refractivity contribution in [1.82, 2.24) is 14.9 Å². The molecule has 1 unspecified atom stereocenters. The number of rotatable bonds is 10. The predicted molar refractivity (Wildman–Crippen MR) is 124 cm³/mol. The van der Waals surface area contributed by atoms with Crippen LogP contribution in [0.5, 0.6) is 11.5 Å². The molecule has 0 radical (unpaired) electrons. The minimum atomic E-state index is -0.416. The average Bonchev–Trinajstić information content (AvgIpc) is 3.21. The van der Waals surface area contributed by atoms with Crippen molar-refractivity contribution in [2.75, 3.05) is 20.0 Å². The Hall–Kier alpha value is -2.64. The van der Waals surface area contributed by atoms with Gasteiger partial charge in [0.15, 0.2) is 0 Å². The number of ether oxygens (including phenoxy) is 2. The van der Waals surface area contributed by atoms with Gasteiger partial charge in [-0.1, -0.05) is 11.6 Å². The number of nitrogens with zero attached hydrogens (tertiary/aromatic N) is 2. The zero-order chi connectivity index (χ0) is 22.2. The Balaban J connectivity index is 1.67. The van der Waals surface area contributed by atoms with Crippen LogP contribution in [0.4, 0.5) is 0 Å². The van der Waals surface area contributed by atoms with Gasteiger partial charge in [-0.2, -0.15) is 0 Å². The molecule has 31 heavy (non-hydrogen) atoms. The van der Waals surface area contributed by atoms with Crippen molar-refractivity contribution in [2.24, 2.45) is 7.05 Å². The molecule has 0 aliphatic rings. The van der Waals surface area contributed by atoms with E-state index >= 15 is 0 Å². The molecule has 0 saturated carbocycles. The standard InChI is InChI=1S/C23H26ClN3O3S/c1-27-11-10-25-23(27)22(16-13-18(29-2)15-19(14-16)30-3)26-21(28)5-4-12-31-20-8-6-17(24)7-9-20/h6-11,13-15,22H,4-5,12H2,1-3H3,(H,26,28). The maximum absolute atomic E-state index is 12.8. The molecule has 0 bridgehead atoms. The summed E-state index contributed by atoms with van der Waals surface area (Å²) in [5.41, 5.74) is 0.842. The predicted octanol–water partition coefficient (Wildman–Crippen LogP) is 4.87. The van der Waals surface area contributed by atoms with E-state index in [1.807, 2.05) is 54.2 Å². The van der Waals surface area contributed by atoms with Crippen LogP contribution in [0.3, 0.4) is 0 Å². The molecule has 2 aromatic carbocycles. The molecule has 0 spiro atoms. The van der Waals surface area contributed by atoms with Gasteiger partial charge in [0.2, 0.25) is 5.91 Å². The molecule has 1 amide bonds. The van der Waals surface area contributed by atoms with Gasteiger partial charge < -0.3 is 19.4 Å². The largest absolute Gasteiger partial charge is 0.497 e. The van der Waals surface area contributed by atoms with Gasteiger partial charge >= 0.3 is 0 Å². The highest BCUT2D eigenvalue weighted by Crippen LogP contribution is 2.29. The molecule has 6 nitrogen and oxygen atoms in total. The molecule has 0 fully saturated rings. The van der Waals surface area contributed by atoms with Gasteiger partial charge in [-0.15, -0.1) is 11.8 Å². The molecule has 0 saturated heterocycles. The lowest BCUT2D eigenvalue weighted by Crippen LogP contribution is -2.31. The molecule has 1 atom stereocenters. The lowest BCUT2D eigenvalue weighted by Gasteiger charge is -2.20. The summed E-state index contributed by atoms with van der Waals surface area (Å²) in [6, 6.07) is 12.9. The summed E-state index contributed by atoms with van der Waals surface area (Å²) in [5.74, 6) is 2.85. The van der Waals surface area contributed by atoms with Gasteiger partial charge in [-0.3, -0.25) is 4.79 Å². The molecule has 1 N–H and O–H groups in total. The Morgan fingerprint density at radius 3 is 2.42 bits per heavy atom. The molecule has 164 valence electrons. The molecule has 8 heteroatoms. The second-order valence-corrected chi connectivity index (χ2v) is 8.55. The number of hydrogen-bond acceptors (Lipinski definition) is 5. The smallest absolute Gasteiger partial charge is 0.220 e. The fourth-order valence-corrected chi connectivity index (χ4v) is 4.11. The first kappa shape index (κ1) is 23.0. The van der Waals surface area contributed by atoms with Crippen molar-refractivity contribution in [1.29, 1.82) is 0 Å². The van der Waals surface area contributed by atoms with Crippen molar-refractivity contribution in [2.45, 2.75) is 23.8 Å². The Morgan fingerprint density at radius 1 is 1.16 bits per heavy atom. The lowest BCUT2D eigenvalue weighted by atomic mass is 10.0. The number of aryl methyl sites for hydroxylation is 1. The van der Waals surface area contributed by atoms with E-state index in [9.17, 15) is 4.79 Å². The van der Waals surface area contributed by atoms with E-state index in [-0.39, 0.29) is 5.91 Å². The monoisotopic (exact) mass is 459 g/mol. The van der Waals surface area contributed by atoms with Gasteiger partial charge in [0.1, 0.15) is 23.4 Å². The maximum Gasteiger partial charge on any atom is 0.220 e. The molecule has 3 rings (SSSR count). The minimum Gasteiger partial charge on any atom is -0.497 e. The van der Waals surface area contributed by atoms with Gasteiger partial charge in [-0.05, 0) is 54.1 Å². The Labute approximate surface area is 191 Å². The summed E-state index contributed by atoms with van der Waals surface area (Å²) in [6.45, 7) is 0. The summed E-state index contributed by atoms with van der Waals surface area (Å²) >= 11 is 7.63. The molecule has 3 aromatic rings. The van der Waals surface area contributed by atoms with Gasteiger partial charge in [-0.25, -0.2) is 4.98 Å². The van der Waals surface area contributed by atoms with Crippen LogP contribution >= 0.6 is 23.4 Å². The first-order chi connectivity index (χ1) is 15.0. The van der Waals surface area contributed by atoms with E-state index in [1.165, 1.54) is 0 Å². The third-order valence-electron chi connectivity index (χ3n) is 4.76. The Kier molecular flexibility index (Phi) is 8.26. The van der Waals surface area contributed by atoms with Crippen molar-refractivity contribution in [3.63, 3.8) is 0 Å².